The number of ether oxygens (including phenoxy) is 3. The van der Waals surface area contributed by atoms with E-state index in [0.717, 1.165) is 4.57 Å². The summed E-state index contributed by atoms with van der Waals surface area (Å²) in [5.41, 5.74) is -1.65. The Kier molecular flexibility index (Phi) is 7.34. The second kappa shape index (κ2) is 10.4. The molecule has 0 unspecified atom stereocenters. The molecule has 12 heteroatoms. The van der Waals surface area contributed by atoms with Gasteiger partial charge in [-0.25, -0.2) is 14.4 Å². The van der Waals surface area contributed by atoms with E-state index < -0.39 is 47.4 Å². The Balaban J connectivity index is 1.53. The van der Waals surface area contributed by atoms with Crippen LogP contribution in [0.15, 0.2) is 64.3 Å². The Morgan fingerprint density at radius 1 is 1.00 bits per heavy atom. The van der Waals surface area contributed by atoms with E-state index in [1.54, 1.807) is 0 Å². The zero-order valence-corrected chi connectivity index (χ0v) is 19.3. The maximum Gasteiger partial charge on any atom is 0.338 e. The van der Waals surface area contributed by atoms with Crippen molar-refractivity contribution in [1.29, 1.82) is 0 Å². The van der Waals surface area contributed by atoms with Crippen LogP contribution in [0.25, 0.3) is 0 Å². The van der Waals surface area contributed by atoms with Gasteiger partial charge in [0.25, 0.3) is 5.56 Å². The first-order valence-corrected chi connectivity index (χ1v) is 11.0. The van der Waals surface area contributed by atoms with Gasteiger partial charge in [-0.3, -0.25) is 14.3 Å². The first-order valence-electron chi connectivity index (χ1n) is 10.3. The molecular formula is C23H17Cl2FN2O7. The predicted octanol–water partition coefficient (Wildman–Crippen LogP) is 3.35. The molecular weight excluding hydrogens is 509 g/mol. The molecule has 1 aliphatic rings. The number of esters is 2. The molecule has 3 aromatic rings. The summed E-state index contributed by atoms with van der Waals surface area (Å²) >= 11 is 11.7. The number of nitrogens with zero attached hydrogens (tertiary/aromatic N) is 1. The van der Waals surface area contributed by atoms with Gasteiger partial charge in [0.05, 0.1) is 17.3 Å². The summed E-state index contributed by atoms with van der Waals surface area (Å²) in [7, 11) is 0. The number of carbonyl (C=O) groups excluding carboxylic acids is 2. The Morgan fingerprint density at radius 3 is 2.17 bits per heavy atom. The zero-order chi connectivity index (χ0) is 25.1. The van der Waals surface area contributed by atoms with E-state index in [-0.39, 0.29) is 24.2 Å². The lowest BCUT2D eigenvalue weighted by molar-refractivity contribution is -0.0584. The number of rotatable bonds is 6. The third-order valence-electron chi connectivity index (χ3n) is 5.21. The molecule has 182 valence electrons. The second-order valence-corrected chi connectivity index (χ2v) is 8.44. The van der Waals surface area contributed by atoms with Crippen LogP contribution in [0.1, 0.15) is 33.4 Å². The van der Waals surface area contributed by atoms with Crippen LogP contribution in [-0.2, 0) is 14.2 Å². The molecule has 3 atom stereocenters. The highest BCUT2D eigenvalue weighted by atomic mass is 35.5. The summed E-state index contributed by atoms with van der Waals surface area (Å²) in [4.78, 5) is 50.4. The molecule has 0 spiro atoms. The van der Waals surface area contributed by atoms with Crippen LogP contribution in [0.4, 0.5) is 4.39 Å². The van der Waals surface area contributed by atoms with E-state index in [1.807, 2.05) is 4.98 Å². The quantitative estimate of drug-likeness (QED) is 0.490. The maximum absolute atomic E-state index is 13.8. The Bertz CT molecular complexity index is 1360. The number of aromatic nitrogens is 2. The molecule has 1 aliphatic heterocycles. The summed E-state index contributed by atoms with van der Waals surface area (Å²) in [6.45, 7) is -0.336. The summed E-state index contributed by atoms with van der Waals surface area (Å²) in [5, 5.41) is 0.869. The molecule has 1 saturated heterocycles. The molecule has 0 saturated carbocycles. The minimum Gasteiger partial charge on any atom is -0.459 e. The third-order valence-corrected chi connectivity index (χ3v) is 5.72. The van der Waals surface area contributed by atoms with Crippen LogP contribution in [-0.4, -0.2) is 40.3 Å². The Labute approximate surface area is 207 Å². The number of benzene rings is 2. The highest BCUT2D eigenvalue weighted by Gasteiger charge is 2.40. The second-order valence-electron chi connectivity index (χ2n) is 7.56. The van der Waals surface area contributed by atoms with Crippen molar-refractivity contribution in [2.75, 3.05) is 6.61 Å². The van der Waals surface area contributed by atoms with Gasteiger partial charge >= 0.3 is 17.6 Å². The molecule has 0 radical (unpaired) electrons. The van der Waals surface area contributed by atoms with Crippen molar-refractivity contribution in [3.8, 4) is 0 Å². The first kappa shape index (κ1) is 24.6. The van der Waals surface area contributed by atoms with E-state index >= 15 is 0 Å². The van der Waals surface area contributed by atoms with E-state index in [4.69, 9.17) is 37.4 Å². The molecule has 2 heterocycles. The monoisotopic (exact) mass is 525 g/mol. The summed E-state index contributed by atoms with van der Waals surface area (Å²) in [5.74, 6) is -2.57. The first-order chi connectivity index (χ1) is 16.7. The fraction of sp³-hybridized carbons (Fsp3) is 0.217. The van der Waals surface area contributed by atoms with Crippen molar-refractivity contribution in [1.82, 2.24) is 9.55 Å². The number of nitrogens with one attached hydrogen (secondary N) is 1. The molecule has 0 bridgehead atoms. The molecule has 1 aromatic heterocycles. The van der Waals surface area contributed by atoms with E-state index in [2.05, 4.69) is 0 Å². The largest absolute Gasteiger partial charge is 0.459 e. The number of hydrogen-bond acceptors (Lipinski definition) is 7. The molecule has 1 N–H and O–H groups in total. The fourth-order valence-electron chi connectivity index (χ4n) is 3.44. The van der Waals surface area contributed by atoms with Crippen molar-refractivity contribution >= 4 is 35.1 Å². The summed E-state index contributed by atoms with van der Waals surface area (Å²) in [6, 6.07) is 12.0. The van der Waals surface area contributed by atoms with Gasteiger partial charge in [0, 0.05) is 16.5 Å². The average Bonchev–Trinajstić information content (AvgIpc) is 3.22. The molecule has 0 aliphatic carbocycles. The van der Waals surface area contributed by atoms with Gasteiger partial charge < -0.3 is 14.2 Å². The van der Waals surface area contributed by atoms with Gasteiger partial charge in [-0.05, 0) is 48.5 Å². The van der Waals surface area contributed by atoms with Crippen molar-refractivity contribution in [2.24, 2.45) is 0 Å². The Morgan fingerprint density at radius 2 is 1.57 bits per heavy atom. The number of H-pyrrole nitrogens is 1. The molecule has 1 fully saturated rings. The van der Waals surface area contributed by atoms with Gasteiger partial charge in [-0.2, -0.15) is 4.39 Å². The van der Waals surface area contributed by atoms with Crippen molar-refractivity contribution in [2.45, 2.75) is 24.9 Å². The number of halogens is 3. The SMILES string of the molecule is O=C(OC[C@H]1O[C@@H]([15n]2cc(F)c(=O)[15nH][13c]2=O)C[C@@H]1OC(=O)c1ccc(Cl)cc1)c1ccc(Cl)cc1. The average molecular weight is 526 g/mol. The lowest BCUT2D eigenvalue weighted by Gasteiger charge is -2.19. The lowest BCUT2D eigenvalue weighted by Crippen LogP contribution is -2.34. The van der Waals surface area contributed by atoms with Crippen LogP contribution < -0.4 is 11.2 Å². The van der Waals surface area contributed by atoms with Crippen LogP contribution in [0, 0.1) is 5.82 Å². The van der Waals surface area contributed by atoms with E-state index in [9.17, 15) is 23.6 Å². The van der Waals surface area contributed by atoms with Crippen molar-refractivity contribution in [3.63, 3.8) is 0 Å². The van der Waals surface area contributed by atoms with Crippen LogP contribution >= 0.6 is 23.2 Å². The standard InChI is InChI=1S/C23H17Cl2FN2O7/c24-14-5-1-12(2-6-14)21(30)33-11-18-17(35-22(31)13-3-7-15(25)8-4-13)9-19(34-18)28-10-16(26)20(29)27-23(28)32/h1-8,10,17-19H,9,11H2,(H,27,29,32)/t17-,18+,19+/m0/s1/i23+1,27+1,28+1. The van der Waals surface area contributed by atoms with Gasteiger partial charge in [-0.15, -0.1) is 0 Å². The lowest BCUT2D eigenvalue weighted by atomic mass is 10.1. The molecule has 9 nitrogen and oxygen atoms in total. The van der Waals surface area contributed by atoms with Crippen molar-refractivity contribution in [3.05, 3.63) is 103 Å². The number of aromatic amines is 1. The highest BCUT2D eigenvalue weighted by molar-refractivity contribution is 6.31. The molecule has 2 aromatic carbocycles. The minimum absolute atomic E-state index is 0.0755. The van der Waals surface area contributed by atoms with E-state index in [1.165, 1.54) is 48.5 Å². The van der Waals surface area contributed by atoms with Crippen LogP contribution in [0.2, 0.25) is 10.0 Å². The minimum atomic E-state index is -1.19. The zero-order valence-electron chi connectivity index (χ0n) is 17.8. The predicted molar refractivity (Wildman–Crippen MR) is 122 cm³/mol. The van der Waals surface area contributed by atoms with Crippen molar-refractivity contribution < 1.29 is 28.2 Å². The third kappa shape index (κ3) is 5.79. The normalized spacial score (nSPS) is 19.3. The molecule has 0 amide bonds. The van der Waals surface area contributed by atoms with Crippen LogP contribution in [0.5, 0.6) is 0 Å². The highest BCUT2D eigenvalue weighted by Crippen LogP contribution is 2.31. The molecule has 35 heavy (non-hydrogen) atoms. The number of hydrogen-bond donors (Lipinski definition) is 1. The van der Waals surface area contributed by atoms with E-state index in [0.29, 0.717) is 16.2 Å². The molecule has 4 rings (SSSR count). The van der Waals surface area contributed by atoms with Gasteiger partial charge in [0.1, 0.15) is 25.0 Å². The number of carbonyl (C=O) groups is 2. The van der Waals surface area contributed by atoms with Crippen LogP contribution in [0.3, 0.4) is 0 Å². The summed E-state index contributed by atoms with van der Waals surface area (Å²) in [6.07, 6.45) is -2.44. The summed E-state index contributed by atoms with van der Waals surface area (Å²) < 4.78 is 31.3. The topological polar surface area (TPSA) is 117 Å². The van der Waals surface area contributed by atoms with Gasteiger partial charge in [0.15, 0.2) is 0 Å². The van der Waals surface area contributed by atoms with Gasteiger partial charge in [0.2, 0.25) is 5.82 Å². The van der Waals surface area contributed by atoms with Gasteiger partial charge in [-0.1, -0.05) is 23.2 Å². The Hall–Kier alpha value is -3.47. The maximum atomic E-state index is 13.8. The smallest absolute Gasteiger partial charge is 0.338 e. The fourth-order valence-corrected chi connectivity index (χ4v) is 3.69.